The number of aromatic nitrogens is 1. The molecule has 1 atom stereocenters. The van der Waals surface area contributed by atoms with Crippen LogP contribution in [-0.2, 0) is 14.8 Å². The molecule has 0 aliphatic rings. The zero-order valence-electron chi connectivity index (χ0n) is 20.4. The molecule has 1 unspecified atom stereocenters. The van der Waals surface area contributed by atoms with Gasteiger partial charge in [-0.25, -0.2) is 13.1 Å². The number of fused-ring (bicyclic) bond motifs is 1. The zero-order chi connectivity index (χ0) is 25.4. The summed E-state index contributed by atoms with van der Waals surface area (Å²) < 4.78 is 28.9. The van der Waals surface area contributed by atoms with Crippen molar-refractivity contribution in [2.75, 3.05) is 6.54 Å². The summed E-state index contributed by atoms with van der Waals surface area (Å²) in [6.45, 7) is 0.248. The van der Waals surface area contributed by atoms with Crippen LogP contribution in [0.3, 0.4) is 0 Å². The average Bonchev–Trinajstić information content (AvgIpc) is 2.90. The fraction of sp³-hybridized carbons (Fsp3) is 0.241. The van der Waals surface area contributed by atoms with E-state index in [9.17, 15) is 13.2 Å². The van der Waals surface area contributed by atoms with Gasteiger partial charge in [0.2, 0.25) is 10.0 Å². The number of hydrogen-bond acceptors (Lipinski definition) is 4. The van der Waals surface area contributed by atoms with Gasteiger partial charge in [0.05, 0.1) is 4.90 Å². The number of benzene rings is 3. The Morgan fingerprint density at radius 2 is 1.65 bits per heavy atom. The Kier molecular flexibility index (Phi) is 10.2. The third-order valence-electron chi connectivity index (χ3n) is 6.38. The van der Waals surface area contributed by atoms with Crippen molar-refractivity contribution in [3.05, 3.63) is 96.8 Å². The number of nitrogens with one attached hydrogen (secondary N) is 1. The van der Waals surface area contributed by atoms with Crippen LogP contribution in [0.4, 0.5) is 0 Å². The number of rotatable bonds is 12. The molecular formula is C29H31ClN2O4S. The van der Waals surface area contributed by atoms with Crippen molar-refractivity contribution in [1.29, 1.82) is 0 Å². The monoisotopic (exact) mass is 538 g/mol. The number of halogens is 1. The number of pyridine rings is 1. The average molecular weight is 539 g/mol. The van der Waals surface area contributed by atoms with E-state index < -0.39 is 16.0 Å². The van der Waals surface area contributed by atoms with Gasteiger partial charge in [0.15, 0.2) is 0 Å². The Bertz CT molecular complexity index is 1410. The van der Waals surface area contributed by atoms with Crippen LogP contribution in [0.15, 0.2) is 96.2 Å². The number of carboxylic acids is 1. The smallest absolute Gasteiger partial charge is 0.303 e. The summed E-state index contributed by atoms with van der Waals surface area (Å²) in [4.78, 5) is 15.1. The number of unbranched alkanes of at least 4 members (excludes halogenated alkanes) is 2. The van der Waals surface area contributed by atoms with Gasteiger partial charge in [-0.3, -0.25) is 9.78 Å². The fourth-order valence-electron chi connectivity index (χ4n) is 4.43. The highest BCUT2D eigenvalue weighted by Crippen LogP contribution is 2.29. The molecule has 0 saturated carbocycles. The predicted molar refractivity (Wildman–Crippen MR) is 150 cm³/mol. The molecule has 1 heterocycles. The zero-order valence-corrected chi connectivity index (χ0v) is 22.0. The summed E-state index contributed by atoms with van der Waals surface area (Å²) in [6, 6.07) is 25.0. The second kappa shape index (κ2) is 13.3. The summed E-state index contributed by atoms with van der Waals surface area (Å²) in [5.41, 5.74) is 2.98. The molecule has 0 spiro atoms. The molecule has 0 aliphatic carbocycles. The van der Waals surface area contributed by atoms with Crippen LogP contribution in [0.2, 0.25) is 0 Å². The van der Waals surface area contributed by atoms with Crippen LogP contribution in [0.25, 0.3) is 21.9 Å². The Balaban J connectivity index is 0.00000380. The molecule has 2 N–H and O–H groups in total. The molecule has 1 aromatic heterocycles. The van der Waals surface area contributed by atoms with Crippen molar-refractivity contribution in [1.82, 2.24) is 9.71 Å². The summed E-state index contributed by atoms with van der Waals surface area (Å²) in [6.07, 6.45) is 6.56. The van der Waals surface area contributed by atoms with E-state index in [0.717, 1.165) is 46.7 Å². The molecule has 0 amide bonds. The van der Waals surface area contributed by atoms with E-state index in [0.29, 0.717) is 6.42 Å². The molecule has 0 radical (unpaired) electrons. The molecule has 194 valence electrons. The molecule has 0 bridgehead atoms. The normalized spacial score (nSPS) is 12.1. The second-order valence-corrected chi connectivity index (χ2v) is 10.6. The molecule has 3 aromatic carbocycles. The van der Waals surface area contributed by atoms with Crippen LogP contribution in [0.1, 0.15) is 43.6 Å². The first-order valence-corrected chi connectivity index (χ1v) is 13.6. The second-order valence-electron chi connectivity index (χ2n) is 8.88. The number of hydrogen-bond donors (Lipinski definition) is 2. The lowest BCUT2D eigenvalue weighted by Crippen LogP contribution is -2.28. The predicted octanol–water partition coefficient (Wildman–Crippen LogP) is 6.42. The van der Waals surface area contributed by atoms with Crippen molar-refractivity contribution >= 4 is 39.2 Å². The number of nitrogens with zero attached hydrogens (tertiary/aromatic N) is 1. The minimum Gasteiger partial charge on any atom is -0.481 e. The van der Waals surface area contributed by atoms with E-state index in [1.165, 1.54) is 0 Å². The molecule has 4 aromatic rings. The van der Waals surface area contributed by atoms with E-state index in [-0.39, 0.29) is 36.2 Å². The lowest BCUT2D eigenvalue weighted by molar-refractivity contribution is -0.137. The van der Waals surface area contributed by atoms with Crippen LogP contribution < -0.4 is 4.72 Å². The highest BCUT2D eigenvalue weighted by Gasteiger charge is 2.19. The van der Waals surface area contributed by atoms with Gasteiger partial charge in [-0.2, -0.15) is 0 Å². The third kappa shape index (κ3) is 7.61. The van der Waals surface area contributed by atoms with Gasteiger partial charge in [0.25, 0.3) is 0 Å². The first-order valence-electron chi connectivity index (χ1n) is 12.1. The summed E-state index contributed by atoms with van der Waals surface area (Å²) >= 11 is 0. The van der Waals surface area contributed by atoms with Gasteiger partial charge in [0.1, 0.15) is 0 Å². The molecule has 0 saturated heterocycles. The lowest BCUT2D eigenvalue weighted by atomic mass is 9.94. The molecular weight excluding hydrogens is 508 g/mol. The van der Waals surface area contributed by atoms with Crippen molar-refractivity contribution in [2.24, 2.45) is 0 Å². The Labute approximate surface area is 224 Å². The van der Waals surface area contributed by atoms with E-state index >= 15 is 0 Å². The van der Waals surface area contributed by atoms with Crippen LogP contribution in [0, 0.1) is 0 Å². The molecule has 37 heavy (non-hydrogen) atoms. The maximum atomic E-state index is 13.1. The van der Waals surface area contributed by atoms with Crippen molar-refractivity contribution in [3.8, 4) is 11.1 Å². The number of carbonyl (C=O) groups is 1. The molecule has 6 nitrogen and oxygen atoms in total. The molecule has 4 rings (SSSR count). The standard InChI is InChI=1S/C29H30N2O4S.ClH/c32-29(33)14-3-1-2-9-25(24-11-7-19-30-20-24)21-31-36(34,35)26-17-15-23(16-18-26)28-13-6-10-22-8-4-5-12-27(22)28;/h4-8,10-13,15-20,25,31H,1-3,9,14,21H2,(H,32,33);1H. The summed E-state index contributed by atoms with van der Waals surface area (Å²) in [5.74, 6) is -0.841. The van der Waals surface area contributed by atoms with Crippen molar-refractivity contribution in [3.63, 3.8) is 0 Å². The Morgan fingerprint density at radius 3 is 2.38 bits per heavy atom. The van der Waals surface area contributed by atoms with Gasteiger partial charge in [0, 0.05) is 25.4 Å². The minimum absolute atomic E-state index is 0. The first-order chi connectivity index (χ1) is 17.4. The SMILES string of the molecule is Cl.O=C(O)CCCCCC(CNS(=O)(=O)c1ccc(-c2cccc3ccccc23)cc1)c1cccnc1. The largest absolute Gasteiger partial charge is 0.481 e. The van der Waals surface area contributed by atoms with Gasteiger partial charge in [-0.05, 0) is 64.4 Å². The van der Waals surface area contributed by atoms with E-state index in [2.05, 4.69) is 27.9 Å². The van der Waals surface area contributed by atoms with E-state index in [1.807, 2.05) is 48.5 Å². The third-order valence-corrected chi connectivity index (χ3v) is 7.82. The van der Waals surface area contributed by atoms with Gasteiger partial charge < -0.3 is 5.11 Å². The van der Waals surface area contributed by atoms with E-state index in [4.69, 9.17) is 5.11 Å². The number of aliphatic carboxylic acids is 1. The first kappa shape index (κ1) is 28.3. The van der Waals surface area contributed by atoms with Gasteiger partial charge in [-0.15, -0.1) is 12.4 Å². The molecule has 8 heteroatoms. The molecule has 0 aliphatic heterocycles. The Hall–Kier alpha value is -3.26. The van der Waals surface area contributed by atoms with Crippen LogP contribution in [-0.4, -0.2) is 31.0 Å². The topological polar surface area (TPSA) is 96.4 Å². The highest BCUT2D eigenvalue weighted by molar-refractivity contribution is 7.89. The maximum Gasteiger partial charge on any atom is 0.303 e. The van der Waals surface area contributed by atoms with Crippen molar-refractivity contribution in [2.45, 2.75) is 42.9 Å². The van der Waals surface area contributed by atoms with Gasteiger partial charge in [-0.1, -0.05) is 73.5 Å². The fourth-order valence-corrected chi connectivity index (χ4v) is 5.51. The lowest BCUT2D eigenvalue weighted by Gasteiger charge is -2.18. The quantitative estimate of drug-likeness (QED) is 0.203. The summed E-state index contributed by atoms with van der Waals surface area (Å²) in [7, 11) is -3.70. The van der Waals surface area contributed by atoms with Gasteiger partial charge >= 0.3 is 5.97 Å². The number of carboxylic acid groups (broad SMARTS) is 1. The Morgan fingerprint density at radius 1 is 0.892 bits per heavy atom. The minimum atomic E-state index is -3.70. The van der Waals surface area contributed by atoms with E-state index in [1.54, 1.807) is 24.5 Å². The highest BCUT2D eigenvalue weighted by atomic mass is 35.5. The van der Waals surface area contributed by atoms with Crippen LogP contribution in [0.5, 0.6) is 0 Å². The molecule has 0 fully saturated rings. The number of sulfonamides is 1. The maximum absolute atomic E-state index is 13.1. The summed E-state index contributed by atoms with van der Waals surface area (Å²) in [5, 5.41) is 11.1. The van der Waals surface area contributed by atoms with Crippen molar-refractivity contribution < 1.29 is 18.3 Å². The van der Waals surface area contributed by atoms with Crippen LogP contribution >= 0.6 is 12.4 Å².